The Morgan fingerprint density at radius 1 is 1.40 bits per heavy atom. The summed E-state index contributed by atoms with van der Waals surface area (Å²) in [5.41, 5.74) is 0. The molecule has 0 aliphatic heterocycles. The van der Waals surface area contributed by atoms with E-state index in [1.54, 1.807) is 27.9 Å². The normalized spacial score (nSPS) is 10.1. The lowest BCUT2D eigenvalue weighted by atomic mass is 10.4. The molecule has 0 radical (unpaired) electrons. The molecule has 0 saturated carbocycles. The fourth-order valence-electron chi connectivity index (χ4n) is 1.15. The van der Waals surface area contributed by atoms with Crippen molar-refractivity contribution in [2.24, 2.45) is 0 Å². The van der Waals surface area contributed by atoms with Crippen molar-refractivity contribution in [3.05, 3.63) is 18.7 Å². The van der Waals surface area contributed by atoms with Crippen LogP contribution in [-0.2, 0) is 22.7 Å². The number of aryl methyl sites for hydroxylation is 2. The molecule has 6 nitrogen and oxygen atoms in total. The van der Waals surface area contributed by atoms with E-state index in [1.807, 2.05) is 0 Å². The smallest absolute Gasteiger partial charge is 0.307 e. The fraction of sp³-hybridized carbons (Fsp3) is 0.444. The fourth-order valence-corrected chi connectivity index (χ4v) is 1.15. The van der Waals surface area contributed by atoms with E-state index in [-0.39, 0.29) is 12.8 Å². The number of nitrogens with zero attached hydrogens (tertiary/aromatic N) is 2. The number of aliphatic carboxylic acids is 2. The van der Waals surface area contributed by atoms with Crippen LogP contribution in [0.4, 0.5) is 0 Å². The molecule has 0 fully saturated rings. The Hall–Kier alpha value is -1.85. The quantitative estimate of drug-likeness (QED) is 0.575. The first kappa shape index (κ1) is 11.2. The maximum absolute atomic E-state index is 10.3. The second-order valence-corrected chi connectivity index (χ2v) is 3.16. The molecule has 0 aliphatic carbocycles. The highest BCUT2D eigenvalue weighted by molar-refractivity contribution is 5.66. The van der Waals surface area contributed by atoms with Crippen LogP contribution in [0.25, 0.3) is 0 Å². The van der Waals surface area contributed by atoms with Crippen LogP contribution in [0.15, 0.2) is 18.7 Å². The lowest BCUT2D eigenvalue weighted by Gasteiger charge is -1.97. The van der Waals surface area contributed by atoms with Crippen molar-refractivity contribution in [2.75, 3.05) is 0 Å². The van der Waals surface area contributed by atoms with E-state index in [0.717, 1.165) is 0 Å². The van der Waals surface area contributed by atoms with Crippen molar-refractivity contribution < 1.29 is 24.4 Å². The molecule has 82 valence electrons. The number of hydrogen-bond donors (Lipinski definition) is 1. The summed E-state index contributed by atoms with van der Waals surface area (Å²) in [6, 6.07) is 0. The Morgan fingerprint density at radius 2 is 2.13 bits per heavy atom. The van der Waals surface area contributed by atoms with Gasteiger partial charge in [-0.15, -0.1) is 0 Å². The van der Waals surface area contributed by atoms with Crippen molar-refractivity contribution in [3.63, 3.8) is 0 Å². The highest BCUT2D eigenvalue weighted by atomic mass is 16.4. The first-order valence-electron chi connectivity index (χ1n) is 4.54. The number of carbonyl (C=O) groups excluding carboxylic acids is 1. The second kappa shape index (κ2) is 5.14. The van der Waals surface area contributed by atoms with Gasteiger partial charge in [0.05, 0.1) is 13.0 Å². The lowest BCUT2D eigenvalue weighted by Crippen LogP contribution is -2.35. The van der Waals surface area contributed by atoms with Crippen molar-refractivity contribution in [1.82, 2.24) is 4.57 Å². The molecule has 1 aromatic rings. The third-order valence-corrected chi connectivity index (χ3v) is 1.90. The first-order chi connectivity index (χ1) is 7.08. The monoisotopic (exact) mass is 212 g/mol. The van der Waals surface area contributed by atoms with Crippen molar-refractivity contribution in [1.29, 1.82) is 0 Å². The van der Waals surface area contributed by atoms with Gasteiger partial charge in [0.1, 0.15) is 18.9 Å². The van der Waals surface area contributed by atoms with Gasteiger partial charge >= 0.3 is 5.97 Å². The molecule has 1 heterocycles. The molecule has 0 atom stereocenters. The van der Waals surface area contributed by atoms with Crippen LogP contribution in [-0.4, -0.2) is 21.6 Å². The van der Waals surface area contributed by atoms with Gasteiger partial charge in [0.25, 0.3) is 0 Å². The molecule has 1 N–H and O–H groups in total. The van der Waals surface area contributed by atoms with Crippen LogP contribution in [0.1, 0.15) is 12.8 Å². The minimum Gasteiger partial charge on any atom is -0.550 e. The number of carbonyl (C=O) groups is 2. The van der Waals surface area contributed by atoms with E-state index in [4.69, 9.17) is 5.11 Å². The molecular formula is C9H12N2O4. The van der Waals surface area contributed by atoms with Crippen LogP contribution in [0.2, 0.25) is 0 Å². The predicted molar refractivity (Wildman–Crippen MR) is 46.5 cm³/mol. The Morgan fingerprint density at radius 3 is 2.73 bits per heavy atom. The van der Waals surface area contributed by atoms with Crippen molar-refractivity contribution >= 4 is 11.9 Å². The standard InChI is InChI=1S/C9H12N2O4/c12-8(13)1-3-10-5-6-11(7-10)4-2-9(14)15/h5-7H,1-4H2,(H-,12,13,14,15). The maximum Gasteiger partial charge on any atom is 0.307 e. The number of aromatic nitrogens is 2. The maximum atomic E-state index is 10.3. The molecule has 1 aromatic heterocycles. The topological polar surface area (TPSA) is 86.2 Å². The zero-order valence-corrected chi connectivity index (χ0v) is 8.13. The van der Waals surface area contributed by atoms with Gasteiger partial charge < -0.3 is 15.0 Å². The van der Waals surface area contributed by atoms with E-state index in [0.29, 0.717) is 13.1 Å². The number of carboxylic acid groups (broad SMARTS) is 2. The van der Waals surface area contributed by atoms with Crippen LogP contribution < -0.4 is 9.67 Å². The lowest BCUT2D eigenvalue weighted by molar-refractivity contribution is -0.696. The molecular weight excluding hydrogens is 200 g/mol. The third kappa shape index (κ3) is 4.26. The second-order valence-electron chi connectivity index (χ2n) is 3.16. The van der Waals surface area contributed by atoms with Gasteiger partial charge in [0, 0.05) is 12.4 Å². The highest BCUT2D eigenvalue weighted by Crippen LogP contribution is 1.90. The molecule has 0 amide bonds. The zero-order chi connectivity index (χ0) is 11.3. The van der Waals surface area contributed by atoms with Crippen LogP contribution >= 0.6 is 0 Å². The first-order valence-corrected chi connectivity index (χ1v) is 4.54. The molecule has 1 rings (SSSR count). The number of carboxylic acids is 2. The van der Waals surface area contributed by atoms with Gasteiger partial charge in [-0.25, -0.2) is 9.13 Å². The van der Waals surface area contributed by atoms with Crippen molar-refractivity contribution in [2.45, 2.75) is 25.9 Å². The summed E-state index contributed by atoms with van der Waals surface area (Å²) in [6.07, 6.45) is 5.08. The average Bonchev–Trinajstić information content (AvgIpc) is 2.59. The number of imidazole rings is 1. The van der Waals surface area contributed by atoms with Crippen LogP contribution in [0, 0.1) is 0 Å². The van der Waals surface area contributed by atoms with E-state index in [2.05, 4.69) is 0 Å². The summed E-state index contributed by atoms with van der Waals surface area (Å²) in [5.74, 6) is -1.95. The average molecular weight is 212 g/mol. The molecule has 15 heavy (non-hydrogen) atoms. The SMILES string of the molecule is O=C([O-])CC[n+]1ccn(CCC(=O)O)c1. The predicted octanol–water partition coefficient (Wildman–Crippen LogP) is -1.61. The number of rotatable bonds is 6. The van der Waals surface area contributed by atoms with Gasteiger partial charge in [0.2, 0.25) is 6.33 Å². The summed E-state index contributed by atoms with van der Waals surface area (Å²) in [5, 5.41) is 18.6. The summed E-state index contributed by atoms with van der Waals surface area (Å²) < 4.78 is 3.38. The molecule has 0 aromatic carbocycles. The minimum absolute atomic E-state index is 0.0480. The van der Waals surface area contributed by atoms with Gasteiger partial charge in [-0.05, 0) is 0 Å². The molecule has 0 saturated heterocycles. The summed E-state index contributed by atoms with van der Waals surface area (Å²) in [4.78, 5) is 20.5. The minimum atomic E-state index is -1.10. The van der Waals surface area contributed by atoms with E-state index >= 15 is 0 Å². The number of hydrogen-bond acceptors (Lipinski definition) is 3. The van der Waals surface area contributed by atoms with Crippen molar-refractivity contribution in [3.8, 4) is 0 Å². The molecule has 6 heteroatoms. The molecule has 0 aliphatic rings. The third-order valence-electron chi connectivity index (χ3n) is 1.90. The van der Waals surface area contributed by atoms with Gasteiger partial charge in [-0.1, -0.05) is 0 Å². The van der Waals surface area contributed by atoms with Gasteiger partial charge in [-0.2, -0.15) is 0 Å². The Labute approximate surface area is 86.4 Å². The van der Waals surface area contributed by atoms with Gasteiger partial charge in [0.15, 0.2) is 0 Å². The highest BCUT2D eigenvalue weighted by Gasteiger charge is 2.05. The molecule has 0 bridgehead atoms. The van der Waals surface area contributed by atoms with Crippen LogP contribution in [0.5, 0.6) is 0 Å². The van der Waals surface area contributed by atoms with E-state index in [1.165, 1.54) is 0 Å². The van der Waals surface area contributed by atoms with Crippen LogP contribution in [0.3, 0.4) is 0 Å². The summed E-state index contributed by atoms with van der Waals surface area (Å²) in [7, 11) is 0. The Kier molecular flexibility index (Phi) is 3.84. The largest absolute Gasteiger partial charge is 0.550 e. The Bertz CT molecular complexity index is 326. The van der Waals surface area contributed by atoms with E-state index < -0.39 is 11.9 Å². The molecule has 0 unspecified atom stereocenters. The van der Waals surface area contributed by atoms with E-state index in [9.17, 15) is 14.7 Å². The molecule has 0 spiro atoms. The summed E-state index contributed by atoms with van der Waals surface area (Å²) >= 11 is 0. The summed E-state index contributed by atoms with van der Waals surface area (Å²) in [6.45, 7) is 0.718. The zero-order valence-electron chi connectivity index (χ0n) is 8.13. The van der Waals surface area contributed by atoms with Gasteiger partial charge in [-0.3, -0.25) is 4.79 Å². The Balaban J connectivity index is 2.41.